The molecule has 0 bridgehead atoms. The largest absolute Gasteiger partial charge is 0.483 e. The molecular formula is C32H21ClF5N3O6S. The van der Waals surface area contributed by atoms with Crippen LogP contribution < -0.4 is 14.3 Å². The lowest BCUT2D eigenvalue weighted by Crippen LogP contribution is -2.18. The number of pyridine rings is 1. The summed E-state index contributed by atoms with van der Waals surface area (Å²) in [5, 5.41) is 3.79. The summed E-state index contributed by atoms with van der Waals surface area (Å²) in [6, 6.07) is 10.8. The van der Waals surface area contributed by atoms with Crippen LogP contribution in [0.25, 0.3) is 33.2 Å². The normalized spacial score (nSPS) is 12.5. The Balaban J connectivity index is 1.44. The van der Waals surface area contributed by atoms with E-state index in [0.717, 1.165) is 23.0 Å². The minimum Gasteiger partial charge on any atom is -0.483 e. The Morgan fingerprint density at radius 1 is 0.938 bits per heavy atom. The Labute approximate surface area is 273 Å². The van der Waals surface area contributed by atoms with E-state index in [4.69, 9.17) is 20.8 Å². The van der Waals surface area contributed by atoms with E-state index < -0.39 is 67.0 Å². The smallest absolute Gasteiger partial charge is 0.360 e. The number of nitrogens with zero attached hydrogens (tertiary/aromatic N) is 3. The Morgan fingerprint density at radius 3 is 2.29 bits per heavy atom. The zero-order valence-corrected chi connectivity index (χ0v) is 26.7. The Hall–Kier alpha value is -5.02. The summed E-state index contributed by atoms with van der Waals surface area (Å²) in [5.41, 5.74) is 2.36. The first kappa shape index (κ1) is 32.9. The van der Waals surface area contributed by atoms with Gasteiger partial charge in [0.25, 0.3) is 0 Å². The fourth-order valence-corrected chi connectivity index (χ4v) is 6.39. The third kappa shape index (κ3) is 5.62. The molecule has 3 heterocycles. The number of benzene rings is 3. The lowest BCUT2D eigenvalue weighted by atomic mass is 9.99. The molecule has 6 rings (SSSR count). The molecule has 16 heteroatoms. The van der Waals surface area contributed by atoms with E-state index in [1.165, 1.54) is 6.92 Å². The third-order valence-electron chi connectivity index (χ3n) is 7.41. The van der Waals surface area contributed by atoms with Crippen LogP contribution in [-0.4, -0.2) is 23.2 Å². The molecule has 0 spiro atoms. The summed E-state index contributed by atoms with van der Waals surface area (Å²) >= 11 is 5.90. The van der Waals surface area contributed by atoms with Crippen LogP contribution in [0.1, 0.15) is 29.7 Å². The van der Waals surface area contributed by atoms with Gasteiger partial charge in [0, 0.05) is 35.3 Å². The Kier molecular flexibility index (Phi) is 8.15. The van der Waals surface area contributed by atoms with Crippen molar-refractivity contribution >= 4 is 43.6 Å². The molecule has 9 nitrogen and oxygen atoms in total. The molecule has 0 radical (unpaired) electrons. The van der Waals surface area contributed by atoms with Gasteiger partial charge in [-0.15, -0.1) is 0 Å². The van der Waals surface area contributed by atoms with Gasteiger partial charge >= 0.3 is 10.1 Å². The number of halogens is 6. The third-order valence-corrected chi connectivity index (χ3v) is 8.77. The van der Waals surface area contributed by atoms with E-state index in [2.05, 4.69) is 14.3 Å². The quantitative estimate of drug-likeness (QED) is 0.0548. The van der Waals surface area contributed by atoms with Gasteiger partial charge < -0.3 is 13.3 Å². The summed E-state index contributed by atoms with van der Waals surface area (Å²) in [6.45, 7) is 4.83. The van der Waals surface area contributed by atoms with Gasteiger partial charge in [-0.3, -0.25) is 9.48 Å². The molecule has 0 unspecified atom stereocenters. The monoisotopic (exact) mass is 705 g/mol. The van der Waals surface area contributed by atoms with E-state index in [1.807, 2.05) is 6.07 Å². The van der Waals surface area contributed by atoms with Crippen molar-refractivity contribution in [2.75, 3.05) is 0 Å². The van der Waals surface area contributed by atoms with Gasteiger partial charge in [0.05, 0.1) is 10.9 Å². The average molecular weight is 706 g/mol. The molecule has 0 aliphatic rings. The van der Waals surface area contributed by atoms with E-state index in [1.54, 1.807) is 56.0 Å². The summed E-state index contributed by atoms with van der Waals surface area (Å²) in [6.07, 6.45) is 0.706. The van der Waals surface area contributed by atoms with Crippen molar-refractivity contribution < 1.29 is 43.7 Å². The molecule has 0 fully saturated rings. The van der Waals surface area contributed by atoms with Gasteiger partial charge in [-0.05, 0) is 68.8 Å². The first-order valence-corrected chi connectivity index (χ1v) is 15.7. The highest BCUT2D eigenvalue weighted by atomic mass is 35.5. The fourth-order valence-electron chi connectivity index (χ4n) is 5.17. The lowest BCUT2D eigenvalue weighted by molar-refractivity contribution is 0.218. The van der Waals surface area contributed by atoms with Crippen LogP contribution in [0.15, 0.2) is 62.9 Å². The highest BCUT2D eigenvalue weighted by Gasteiger charge is 2.34. The summed E-state index contributed by atoms with van der Waals surface area (Å²) in [5.74, 6) is -14.8. The van der Waals surface area contributed by atoms with Crippen molar-refractivity contribution in [3.8, 4) is 22.8 Å². The zero-order chi connectivity index (χ0) is 34.8. The van der Waals surface area contributed by atoms with Crippen LogP contribution in [-0.2, 0) is 17.2 Å². The molecule has 0 saturated carbocycles. The Bertz CT molecular complexity index is 2460. The topological polar surface area (TPSA) is 114 Å². The standard InChI is InChI=1S/C32H21ClF5N3O6S/c1-13-9-18(30-19(10-13)28(42)14(2)29(46-30)16-5-6-20-17(11-16)12-41(4)40-20)15(3)45-21-7-8-22(33)39-32(21)48(43,44)47-31-26(37)24(35)23(34)25(36)27(31)38/h5-12,15H,1-4H3/t15-/m1/s1. The lowest BCUT2D eigenvalue weighted by Gasteiger charge is -2.20. The maximum absolute atomic E-state index is 14.3. The minimum atomic E-state index is -5.44. The second kappa shape index (κ2) is 11.9. The summed E-state index contributed by atoms with van der Waals surface area (Å²) < 4.78 is 114. The second-order valence-corrected chi connectivity index (χ2v) is 12.7. The second-order valence-electron chi connectivity index (χ2n) is 10.8. The van der Waals surface area contributed by atoms with Crippen LogP contribution >= 0.6 is 11.6 Å². The minimum absolute atomic E-state index is 0.119. The zero-order valence-electron chi connectivity index (χ0n) is 25.2. The average Bonchev–Trinajstić information content (AvgIpc) is 3.42. The molecule has 1 atom stereocenters. The summed E-state index contributed by atoms with van der Waals surface area (Å²) in [7, 11) is -3.67. The predicted octanol–water partition coefficient (Wildman–Crippen LogP) is 7.62. The molecule has 0 amide bonds. The highest BCUT2D eigenvalue weighted by Crippen LogP contribution is 2.37. The van der Waals surface area contributed by atoms with Gasteiger partial charge in [0.2, 0.25) is 39.9 Å². The molecule has 0 saturated heterocycles. The first-order chi connectivity index (χ1) is 22.6. The number of aromatic nitrogens is 3. The van der Waals surface area contributed by atoms with Gasteiger partial charge in [-0.2, -0.15) is 22.3 Å². The van der Waals surface area contributed by atoms with Gasteiger partial charge in [-0.1, -0.05) is 11.6 Å². The van der Waals surface area contributed by atoms with E-state index in [9.17, 15) is 35.2 Å². The molecule has 248 valence electrons. The summed E-state index contributed by atoms with van der Waals surface area (Å²) in [4.78, 5) is 17.3. The maximum atomic E-state index is 14.3. The van der Waals surface area contributed by atoms with Crippen molar-refractivity contribution in [1.29, 1.82) is 0 Å². The van der Waals surface area contributed by atoms with Crippen molar-refractivity contribution in [3.63, 3.8) is 0 Å². The number of ether oxygens (including phenoxy) is 1. The van der Waals surface area contributed by atoms with Crippen LogP contribution in [0.4, 0.5) is 22.0 Å². The van der Waals surface area contributed by atoms with Gasteiger partial charge in [-0.25, -0.2) is 18.2 Å². The SMILES string of the molecule is Cc1cc([C@@H](C)Oc2ccc(Cl)nc2S(=O)(=O)Oc2c(F)c(F)c(F)c(F)c2F)c2oc(-c3ccc4nn(C)cc4c3)c(C)c(=O)c2c1. The van der Waals surface area contributed by atoms with Crippen LogP contribution in [0.2, 0.25) is 5.15 Å². The van der Waals surface area contributed by atoms with Gasteiger partial charge in [0.15, 0.2) is 11.2 Å². The molecule has 3 aromatic carbocycles. The highest BCUT2D eigenvalue weighted by molar-refractivity contribution is 7.87. The van der Waals surface area contributed by atoms with Crippen molar-refractivity contribution in [3.05, 3.63) is 110 Å². The van der Waals surface area contributed by atoms with E-state index in [0.29, 0.717) is 22.3 Å². The number of hydrogen-bond acceptors (Lipinski definition) is 8. The Morgan fingerprint density at radius 2 is 1.60 bits per heavy atom. The van der Waals surface area contributed by atoms with E-state index in [-0.39, 0.29) is 22.2 Å². The van der Waals surface area contributed by atoms with Crippen LogP contribution in [0, 0.1) is 42.9 Å². The first-order valence-electron chi connectivity index (χ1n) is 13.9. The van der Waals surface area contributed by atoms with Gasteiger partial charge in [0.1, 0.15) is 22.6 Å². The molecule has 0 aliphatic heterocycles. The van der Waals surface area contributed by atoms with Crippen molar-refractivity contribution in [1.82, 2.24) is 14.8 Å². The number of hydrogen-bond donors (Lipinski definition) is 0. The maximum Gasteiger partial charge on any atom is 0.360 e. The number of rotatable bonds is 7. The molecular weight excluding hydrogens is 685 g/mol. The van der Waals surface area contributed by atoms with Crippen LogP contribution in [0.5, 0.6) is 11.5 Å². The molecule has 0 N–H and O–H groups in total. The van der Waals surface area contributed by atoms with E-state index >= 15 is 0 Å². The molecule has 6 aromatic rings. The predicted molar refractivity (Wildman–Crippen MR) is 164 cm³/mol. The molecule has 0 aliphatic carbocycles. The van der Waals surface area contributed by atoms with Crippen molar-refractivity contribution in [2.24, 2.45) is 7.05 Å². The molecule has 3 aromatic heterocycles. The van der Waals surface area contributed by atoms with Crippen molar-refractivity contribution in [2.45, 2.75) is 31.9 Å². The fraction of sp³-hybridized carbons (Fsp3) is 0.156. The van der Waals surface area contributed by atoms with Crippen LogP contribution in [0.3, 0.4) is 0 Å². The number of fused-ring (bicyclic) bond motifs is 2. The molecule has 48 heavy (non-hydrogen) atoms. The number of aryl methyl sites for hydroxylation is 2.